The predicted octanol–water partition coefficient (Wildman–Crippen LogP) is 9.07. The van der Waals surface area contributed by atoms with E-state index in [1.165, 1.54) is 4.31 Å². The summed E-state index contributed by atoms with van der Waals surface area (Å²) in [4.78, 5) is 2.34. The minimum Gasteiger partial charge on any atom is -0.344 e. The average Bonchev–Trinajstić information content (AvgIpc) is 3.73. The zero-order valence-corrected chi connectivity index (χ0v) is 39.1. The molecule has 0 saturated carbocycles. The molecule has 332 valence electrons. The maximum Gasteiger partial charge on any atom is 0.264 e. The summed E-state index contributed by atoms with van der Waals surface area (Å²) in [6.07, 6.45) is 9.67. The van der Waals surface area contributed by atoms with Gasteiger partial charge in [0, 0.05) is 65.7 Å². The molecule has 0 aromatic heterocycles. The molecular weight excluding hydrogens is 855 g/mol. The number of fused-ring (bicyclic) bond motifs is 3. The molecule has 2 aliphatic heterocycles. The Kier molecular flexibility index (Phi) is 12.7. The summed E-state index contributed by atoms with van der Waals surface area (Å²) >= 11 is 0. The van der Waals surface area contributed by atoms with Gasteiger partial charge in [0.15, 0.2) is 5.71 Å². The van der Waals surface area contributed by atoms with Crippen LogP contribution in [0.25, 0.3) is 11.1 Å². The van der Waals surface area contributed by atoms with E-state index in [1.54, 1.807) is 31.3 Å². The number of unbranched alkanes of at least 4 members (excludes halogenated alkanes) is 2. The van der Waals surface area contributed by atoms with Crippen LogP contribution in [0.2, 0.25) is 0 Å². The van der Waals surface area contributed by atoms with E-state index in [4.69, 9.17) is 0 Å². The Morgan fingerprint density at radius 2 is 1.25 bits per heavy atom. The number of hydrogen-bond donors (Lipinski definition) is 2. The molecule has 7 rings (SSSR count). The smallest absolute Gasteiger partial charge is 0.264 e. The number of sulfonamides is 1. The zero-order chi connectivity index (χ0) is 45.5. The molecule has 0 saturated heterocycles. The standard InChI is InChI=1S/C49H55N3O8S3/c1-35-23-25-36(26-24-35)63(59,60)50(6)47-39(27-29-45-48(2,3)41-19-9-11-21-43(41)51(45)31-13-15-33-61(53,54)55)37-17-7-8-18-38(37)40(47)28-30-46-49(4,5)42-20-10-12-22-44(42)52(46)32-14-16-34-62(56,57)58/h7-12,17-30H,13-16,31-34H2,1-6H3,(H-,53,54,55,56,57,58)/p+1. The molecule has 0 unspecified atom stereocenters. The number of likely N-dealkylation sites (N-methyl/N-ethyl adjacent to an activating group) is 1. The van der Waals surface area contributed by atoms with Crippen molar-refractivity contribution in [3.8, 4) is 0 Å². The maximum absolute atomic E-state index is 14.7. The SMILES string of the molecule is Cc1ccc(S(=O)(=O)N(C)C2=C(/C=C/C3=[N+](CCCCS(=O)(=O)O)c4ccccc4C3(C)C)c3ccccc3/C2=C\C=C2\N(CCCCS(=O)(=O)O)c3ccccc3C2(C)C)cc1. The van der Waals surface area contributed by atoms with E-state index in [9.17, 15) is 34.4 Å². The van der Waals surface area contributed by atoms with Crippen molar-refractivity contribution in [3.63, 3.8) is 0 Å². The first-order valence-corrected chi connectivity index (χ1v) is 25.8. The predicted molar refractivity (Wildman–Crippen MR) is 252 cm³/mol. The minimum absolute atomic E-state index is 0.154. The van der Waals surface area contributed by atoms with Crippen molar-refractivity contribution in [2.24, 2.45) is 0 Å². The average molecular weight is 911 g/mol. The minimum atomic E-state index is -4.10. The molecule has 4 aromatic carbocycles. The second kappa shape index (κ2) is 17.5. The topological polar surface area (TPSA) is 152 Å². The van der Waals surface area contributed by atoms with Crippen LogP contribution >= 0.6 is 0 Å². The number of hydrogen-bond acceptors (Lipinski definition) is 7. The number of benzene rings is 4. The van der Waals surface area contributed by atoms with Crippen molar-refractivity contribution in [2.45, 2.75) is 76.0 Å². The molecule has 11 nitrogen and oxygen atoms in total. The molecular formula is C49H56N3O8S3+. The first kappa shape index (κ1) is 45.9. The van der Waals surface area contributed by atoms with Crippen molar-refractivity contribution in [1.82, 2.24) is 4.31 Å². The molecule has 2 N–H and O–H groups in total. The van der Waals surface area contributed by atoms with E-state index in [0.717, 1.165) is 50.6 Å². The monoisotopic (exact) mass is 910 g/mol. The molecule has 3 aliphatic rings. The van der Waals surface area contributed by atoms with E-state index in [1.807, 2.05) is 91.9 Å². The van der Waals surface area contributed by atoms with Crippen LogP contribution in [0.4, 0.5) is 11.4 Å². The number of para-hydroxylation sites is 2. The molecule has 4 aromatic rings. The van der Waals surface area contributed by atoms with E-state index < -0.39 is 41.1 Å². The summed E-state index contributed by atoms with van der Waals surface area (Å²) < 4.78 is 98.1. The lowest BCUT2D eigenvalue weighted by atomic mass is 9.81. The van der Waals surface area contributed by atoms with Crippen LogP contribution in [0.3, 0.4) is 0 Å². The highest BCUT2D eigenvalue weighted by Gasteiger charge is 2.45. The highest BCUT2D eigenvalue weighted by atomic mass is 32.2. The molecule has 63 heavy (non-hydrogen) atoms. The molecule has 0 radical (unpaired) electrons. The van der Waals surface area contributed by atoms with E-state index in [0.29, 0.717) is 42.8 Å². The number of nitrogens with zero attached hydrogens (tertiary/aromatic N) is 3. The van der Waals surface area contributed by atoms with Crippen molar-refractivity contribution < 1.29 is 38.9 Å². The third-order valence-corrected chi connectivity index (χ3v) is 15.9. The summed E-state index contributed by atoms with van der Waals surface area (Å²) in [5, 5.41) is 0. The van der Waals surface area contributed by atoms with Crippen molar-refractivity contribution in [1.29, 1.82) is 0 Å². The van der Waals surface area contributed by atoms with Gasteiger partial charge in [-0.05, 0) is 87.1 Å². The van der Waals surface area contributed by atoms with Gasteiger partial charge in [-0.2, -0.15) is 21.4 Å². The normalized spacial score (nSPS) is 18.2. The molecule has 1 aliphatic carbocycles. The first-order chi connectivity index (χ1) is 29.6. The summed E-state index contributed by atoms with van der Waals surface area (Å²) in [5.41, 5.74) is 9.73. The van der Waals surface area contributed by atoms with E-state index >= 15 is 0 Å². The maximum atomic E-state index is 14.7. The van der Waals surface area contributed by atoms with Gasteiger partial charge in [-0.1, -0.05) is 98.3 Å². The largest absolute Gasteiger partial charge is 0.344 e. The van der Waals surface area contributed by atoms with Gasteiger partial charge >= 0.3 is 0 Å². The number of anilines is 1. The molecule has 0 spiro atoms. The fraction of sp³-hybridized carbons (Fsp3) is 0.327. The molecule has 0 amide bonds. The van der Waals surface area contributed by atoms with Gasteiger partial charge in [-0.15, -0.1) is 0 Å². The Morgan fingerprint density at radius 1 is 0.667 bits per heavy atom. The van der Waals surface area contributed by atoms with Crippen LogP contribution in [0.1, 0.15) is 81.2 Å². The molecule has 0 atom stereocenters. The summed E-state index contributed by atoms with van der Waals surface area (Å²) in [6.45, 7) is 11.5. The fourth-order valence-electron chi connectivity index (χ4n) is 9.22. The van der Waals surface area contributed by atoms with Crippen LogP contribution < -0.4 is 4.90 Å². The highest BCUT2D eigenvalue weighted by Crippen LogP contribution is 2.50. The lowest BCUT2D eigenvalue weighted by molar-refractivity contribution is -0.438. The highest BCUT2D eigenvalue weighted by molar-refractivity contribution is 7.89. The Hall–Kier alpha value is -5.12. The van der Waals surface area contributed by atoms with Crippen molar-refractivity contribution >= 4 is 58.5 Å². The van der Waals surface area contributed by atoms with Crippen LogP contribution in [-0.2, 0) is 41.1 Å². The van der Waals surface area contributed by atoms with Crippen molar-refractivity contribution in [2.75, 3.05) is 36.5 Å². The van der Waals surface area contributed by atoms with Gasteiger partial charge in [0.1, 0.15) is 6.54 Å². The van der Waals surface area contributed by atoms with E-state index in [2.05, 4.69) is 49.3 Å². The Balaban J connectivity index is 1.40. The third kappa shape index (κ3) is 9.28. The molecule has 0 bridgehead atoms. The lowest BCUT2D eigenvalue weighted by Crippen LogP contribution is -2.28. The molecule has 14 heteroatoms. The van der Waals surface area contributed by atoms with Gasteiger partial charge in [-0.25, -0.2) is 8.42 Å². The van der Waals surface area contributed by atoms with Crippen LogP contribution in [0, 0.1) is 6.92 Å². The number of allylic oxidation sites excluding steroid dienone is 7. The Bertz CT molecular complexity index is 2940. The van der Waals surface area contributed by atoms with Crippen LogP contribution in [0.15, 0.2) is 138 Å². The Morgan fingerprint density at radius 3 is 1.92 bits per heavy atom. The lowest BCUT2D eigenvalue weighted by Gasteiger charge is -2.27. The summed E-state index contributed by atoms with van der Waals surface area (Å²) in [5.74, 6) is -0.654. The molecule has 0 fully saturated rings. The van der Waals surface area contributed by atoms with Gasteiger partial charge in [0.05, 0.1) is 27.5 Å². The van der Waals surface area contributed by atoms with Crippen LogP contribution in [0.5, 0.6) is 0 Å². The van der Waals surface area contributed by atoms with Gasteiger partial charge in [0.25, 0.3) is 30.3 Å². The zero-order valence-electron chi connectivity index (χ0n) is 36.6. The van der Waals surface area contributed by atoms with Gasteiger partial charge in [0.2, 0.25) is 5.69 Å². The number of rotatable bonds is 16. The van der Waals surface area contributed by atoms with Crippen molar-refractivity contribution in [3.05, 3.63) is 161 Å². The van der Waals surface area contributed by atoms with Gasteiger partial charge < -0.3 is 4.90 Å². The molecule has 2 heterocycles. The van der Waals surface area contributed by atoms with Gasteiger partial charge in [-0.3, -0.25) is 13.4 Å². The number of aryl methyl sites for hydroxylation is 1. The van der Waals surface area contributed by atoms with Crippen LogP contribution in [-0.4, -0.2) is 80.6 Å². The summed E-state index contributed by atoms with van der Waals surface area (Å²) in [6, 6.07) is 30.9. The van der Waals surface area contributed by atoms with E-state index in [-0.39, 0.29) is 29.2 Å². The fourth-order valence-corrected chi connectivity index (χ4v) is 11.6. The second-order valence-corrected chi connectivity index (χ2v) is 22.6. The summed E-state index contributed by atoms with van der Waals surface area (Å²) in [7, 11) is -10.7. The quantitative estimate of drug-likeness (QED) is 0.0637. The first-order valence-electron chi connectivity index (χ1n) is 21.2. The second-order valence-electron chi connectivity index (χ2n) is 17.5. The Labute approximate surface area is 373 Å². The third-order valence-electron chi connectivity index (χ3n) is 12.5.